The normalized spacial score (nSPS) is 18.2. The highest BCUT2D eigenvalue weighted by Crippen LogP contribution is 2.42. The maximum Gasteiger partial charge on any atom is 0.118 e. The number of ether oxygens (including phenoxy) is 1. The fourth-order valence-corrected chi connectivity index (χ4v) is 6.14. The van der Waals surface area contributed by atoms with Gasteiger partial charge in [-0.05, 0) is 73.7 Å². The number of anilines is 2. The molecular formula is C28H32N2OS. The Bertz CT molecular complexity index is 988. The van der Waals surface area contributed by atoms with Crippen molar-refractivity contribution in [1.82, 2.24) is 4.90 Å². The molecule has 0 bridgehead atoms. The summed E-state index contributed by atoms with van der Waals surface area (Å²) in [6, 6.07) is 27.1. The van der Waals surface area contributed by atoms with Crippen molar-refractivity contribution in [1.29, 1.82) is 0 Å². The molecule has 0 N–H and O–H groups in total. The second kappa shape index (κ2) is 10.0. The van der Waals surface area contributed by atoms with E-state index in [9.17, 15) is 0 Å². The third-order valence-electron chi connectivity index (χ3n) is 6.85. The summed E-state index contributed by atoms with van der Waals surface area (Å²) < 4.78 is 5.30. The molecule has 4 heteroatoms. The maximum atomic E-state index is 5.30. The van der Waals surface area contributed by atoms with Crippen LogP contribution < -0.4 is 9.64 Å². The number of likely N-dealkylation sites (tertiary alicyclic amines) is 1. The SMILES string of the molecule is COc1ccc(CCN2CCC[C@H]2CCN2c3ccccc3CSc3ccccc32)cc1. The Balaban J connectivity index is 1.27. The summed E-state index contributed by atoms with van der Waals surface area (Å²) in [6.07, 6.45) is 4.94. The molecule has 1 atom stereocenters. The number of methoxy groups -OCH3 is 1. The number of fused-ring (bicyclic) bond motifs is 2. The van der Waals surface area contributed by atoms with Crippen LogP contribution in [0.3, 0.4) is 0 Å². The Kier molecular flexibility index (Phi) is 6.70. The van der Waals surface area contributed by atoms with E-state index >= 15 is 0 Å². The van der Waals surface area contributed by atoms with Gasteiger partial charge in [0.05, 0.1) is 12.8 Å². The average Bonchev–Trinajstić information content (AvgIpc) is 3.23. The molecule has 1 saturated heterocycles. The van der Waals surface area contributed by atoms with Crippen LogP contribution in [0.15, 0.2) is 77.7 Å². The van der Waals surface area contributed by atoms with Gasteiger partial charge in [-0.25, -0.2) is 0 Å². The van der Waals surface area contributed by atoms with Crippen LogP contribution in [-0.2, 0) is 12.2 Å². The van der Waals surface area contributed by atoms with Gasteiger partial charge in [-0.2, -0.15) is 0 Å². The number of benzene rings is 3. The van der Waals surface area contributed by atoms with E-state index in [2.05, 4.69) is 82.6 Å². The minimum atomic E-state index is 0.670. The quantitative estimate of drug-likeness (QED) is 0.411. The molecule has 32 heavy (non-hydrogen) atoms. The lowest BCUT2D eigenvalue weighted by molar-refractivity contribution is 0.248. The van der Waals surface area contributed by atoms with Gasteiger partial charge in [0.1, 0.15) is 5.75 Å². The average molecular weight is 445 g/mol. The van der Waals surface area contributed by atoms with E-state index in [0.717, 1.165) is 31.0 Å². The fourth-order valence-electron chi connectivity index (χ4n) is 5.08. The van der Waals surface area contributed by atoms with E-state index in [0.29, 0.717) is 6.04 Å². The summed E-state index contributed by atoms with van der Waals surface area (Å²) >= 11 is 1.96. The first-order valence-electron chi connectivity index (χ1n) is 11.8. The maximum absolute atomic E-state index is 5.30. The van der Waals surface area contributed by atoms with Gasteiger partial charge in [0.25, 0.3) is 0 Å². The van der Waals surface area contributed by atoms with E-state index in [1.165, 1.54) is 53.2 Å². The molecule has 5 rings (SSSR count). The van der Waals surface area contributed by atoms with Crippen LogP contribution in [-0.4, -0.2) is 37.7 Å². The second-order valence-corrected chi connectivity index (χ2v) is 9.77. The summed E-state index contributed by atoms with van der Waals surface area (Å²) in [5, 5.41) is 0. The summed E-state index contributed by atoms with van der Waals surface area (Å²) in [6.45, 7) is 3.43. The van der Waals surface area contributed by atoms with Crippen LogP contribution in [0.2, 0.25) is 0 Å². The predicted octanol–water partition coefficient (Wildman–Crippen LogP) is 6.54. The van der Waals surface area contributed by atoms with Gasteiger partial charge in [-0.15, -0.1) is 11.8 Å². The van der Waals surface area contributed by atoms with Crippen molar-refractivity contribution >= 4 is 23.1 Å². The van der Waals surface area contributed by atoms with Gasteiger partial charge in [0.15, 0.2) is 0 Å². The van der Waals surface area contributed by atoms with E-state index < -0.39 is 0 Å². The van der Waals surface area contributed by atoms with Gasteiger partial charge in [0, 0.05) is 35.5 Å². The Morgan fingerprint density at radius 3 is 2.53 bits per heavy atom. The molecule has 0 unspecified atom stereocenters. The number of nitrogens with zero attached hydrogens (tertiary/aromatic N) is 2. The van der Waals surface area contributed by atoms with E-state index in [1.807, 2.05) is 11.8 Å². The number of rotatable bonds is 7. The van der Waals surface area contributed by atoms with Gasteiger partial charge in [-0.1, -0.05) is 42.5 Å². The van der Waals surface area contributed by atoms with Gasteiger partial charge in [0.2, 0.25) is 0 Å². The molecule has 0 saturated carbocycles. The van der Waals surface area contributed by atoms with Crippen LogP contribution in [0.5, 0.6) is 5.75 Å². The third kappa shape index (κ3) is 4.67. The number of thioether (sulfide) groups is 1. The van der Waals surface area contributed by atoms with Crippen molar-refractivity contribution in [3.8, 4) is 5.75 Å². The first kappa shape index (κ1) is 21.4. The Hall–Kier alpha value is -2.43. The number of para-hydroxylation sites is 2. The first-order valence-corrected chi connectivity index (χ1v) is 12.7. The largest absolute Gasteiger partial charge is 0.497 e. The molecule has 166 valence electrons. The van der Waals surface area contributed by atoms with Gasteiger partial charge in [-0.3, -0.25) is 4.90 Å². The molecule has 3 aromatic rings. The van der Waals surface area contributed by atoms with Crippen molar-refractivity contribution in [2.75, 3.05) is 31.6 Å². The summed E-state index contributed by atoms with van der Waals surface area (Å²) in [5.41, 5.74) is 5.58. The molecule has 2 aliphatic rings. The molecule has 0 aromatic heterocycles. The molecule has 1 fully saturated rings. The topological polar surface area (TPSA) is 15.7 Å². The van der Waals surface area contributed by atoms with Crippen LogP contribution in [0, 0.1) is 0 Å². The van der Waals surface area contributed by atoms with Crippen molar-refractivity contribution in [2.45, 2.75) is 42.4 Å². The summed E-state index contributed by atoms with van der Waals surface area (Å²) in [5.74, 6) is 1.98. The molecule has 2 aliphatic heterocycles. The first-order chi connectivity index (χ1) is 15.8. The molecule has 0 aliphatic carbocycles. The van der Waals surface area contributed by atoms with Gasteiger partial charge >= 0.3 is 0 Å². The number of hydrogen-bond acceptors (Lipinski definition) is 4. The van der Waals surface area contributed by atoms with E-state index in [4.69, 9.17) is 4.74 Å². The monoisotopic (exact) mass is 444 g/mol. The second-order valence-electron chi connectivity index (χ2n) is 8.76. The molecule has 0 spiro atoms. The van der Waals surface area contributed by atoms with Crippen molar-refractivity contribution < 1.29 is 4.74 Å². The zero-order valence-corrected chi connectivity index (χ0v) is 19.7. The smallest absolute Gasteiger partial charge is 0.118 e. The Labute approximate surface area is 196 Å². The third-order valence-corrected chi connectivity index (χ3v) is 7.96. The highest BCUT2D eigenvalue weighted by atomic mass is 32.2. The van der Waals surface area contributed by atoms with Gasteiger partial charge < -0.3 is 9.64 Å². The summed E-state index contributed by atoms with van der Waals surface area (Å²) in [7, 11) is 1.73. The minimum Gasteiger partial charge on any atom is -0.497 e. The lowest BCUT2D eigenvalue weighted by atomic mass is 10.1. The Morgan fingerprint density at radius 2 is 1.69 bits per heavy atom. The van der Waals surface area contributed by atoms with E-state index in [-0.39, 0.29) is 0 Å². The highest BCUT2D eigenvalue weighted by molar-refractivity contribution is 7.98. The van der Waals surface area contributed by atoms with Crippen LogP contribution in [0.4, 0.5) is 11.4 Å². The lowest BCUT2D eigenvalue weighted by Crippen LogP contribution is -2.34. The van der Waals surface area contributed by atoms with Crippen molar-refractivity contribution in [2.24, 2.45) is 0 Å². The summed E-state index contributed by atoms with van der Waals surface area (Å²) in [4.78, 5) is 6.69. The Morgan fingerprint density at radius 1 is 0.906 bits per heavy atom. The minimum absolute atomic E-state index is 0.670. The van der Waals surface area contributed by atoms with Crippen molar-refractivity contribution in [3.05, 3.63) is 83.9 Å². The molecule has 0 radical (unpaired) electrons. The zero-order chi connectivity index (χ0) is 21.8. The van der Waals surface area contributed by atoms with Crippen LogP contribution >= 0.6 is 11.8 Å². The van der Waals surface area contributed by atoms with Crippen LogP contribution in [0.25, 0.3) is 0 Å². The number of hydrogen-bond donors (Lipinski definition) is 0. The molecule has 3 aromatic carbocycles. The highest BCUT2D eigenvalue weighted by Gasteiger charge is 2.26. The molecule has 3 nitrogen and oxygen atoms in total. The zero-order valence-electron chi connectivity index (χ0n) is 18.9. The molecule has 0 amide bonds. The molecular weight excluding hydrogens is 412 g/mol. The standard InChI is InChI=1S/C28H32N2OS/c1-31-25-14-12-22(13-15-25)16-19-29-18-6-8-24(29)17-20-30-26-9-3-2-7-23(26)21-32-28-11-5-4-10-27(28)30/h2-5,7,9-15,24H,6,8,16-21H2,1H3/t24-/m0/s1. The predicted molar refractivity (Wildman–Crippen MR) is 135 cm³/mol. The van der Waals surface area contributed by atoms with Crippen molar-refractivity contribution in [3.63, 3.8) is 0 Å². The van der Waals surface area contributed by atoms with E-state index in [1.54, 1.807) is 7.11 Å². The fraction of sp³-hybridized carbons (Fsp3) is 0.357. The molecule has 2 heterocycles. The lowest BCUT2D eigenvalue weighted by Gasteiger charge is -2.30. The van der Waals surface area contributed by atoms with Crippen LogP contribution in [0.1, 0.15) is 30.4 Å².